The number of hydrogen-bond acceptors (Lipinski definition) is 1. The lowest BCUT2D eigenvalue weighted by molar-refractivity contribution is -0.137. The Kier molecular flexibility index (Phi) is 3.48. The number of pyridine rings is 1. The monoisotopic (exact) mass is 419 g/mol. The molecule has 1 aliphatic carbocycles. The highest BCUT2D eigenvalue weighted by molar-refractivity contribution is 14.1. The molecule has 1 aromatic heterocycles. The van der Waals surface area contributed by atoms with E-state index in [9.17, 15) is 13.2 Å². The molecule has 1 aromatic rings. The number of hydrogen-bond donors (Lipinski definition) is 0. The van der Waals surface area contributed by atoms with Crippen molar-refractivity contribution in [1.82, 2.24) is 4.98 Å². The van der Waals surface area contributed by atoms with Crippen molar-refractivity contribution < 1.29 is 13.2 Å². The Morgan fingerprint density at radius 3 is 2.35 bits per heavy atom. The third-order valence-corrected chi connectivity index (χ3v) is 3.58. The summed E-state index contributed by atoms with van der Waals surface area (Å²) in [4.78, 5) is 4.33. The van der Waals surface area contributed by atoms with E-state index in [1.54, 1.807) is 6.92 Å². The van der Waals surface area contributed by atoms with Crippen molar-refractivity contribution >= 4 is 38.5 Å². The van der Waals surface area contributed by atoms with E-state index in [1.165, 1.54) is 6.07 Å². The van der Waals surface area contributed by atoms with Gasteiger partial charge in [0.2, 0.25) is 0 Å². The summed E-state index contributed by atoms with van der Waals surface area (Å²) >= 11 is 5.38. The Hall–Kier alpha value is 0.150. The van der Waals surface area contributed by atoms with Crippen LogP contribution in [0.1, 0.15) is 42.6 Å². The van der Waals surface area contributed by atoms with E-state index in [2.05, 4.69) is 20.9 Å². The molecule has 0 bridgehead atoms. The van der Waals surface area contributed by atoms with Gasteiger partial charge in [0, 0.05) is 11.6 Å². The van der Waals surface area contributed by atoms with Gasteiger partial charge in [0.15, 0.2) is 0 Å². The van der Waals surface area contributed by atoms with Gasteiger partial charge in [-0.2, -0.15) is 13.2 Å². The molecular weight excluding hydrogens is 410 g/mol. The van der Waals surface area contributed by atoms with Crippen molar-refractivity contribution in [2.24, 2.45) is 0 Å². The lowest BCUT2D eigenvalue weighted by Crippen LogP contribution is -2.13. The van der Waals surface area contributed by atoms with Crippen LogP contribution in [0, 0.1) is 0 Å². The van der Waals surface area contributed by atoms with Gasteiger partial charge in [0.25, 0.3) is 0 Å². The highest BCUT2D eigenvalue weighted by atomic mass is 127. The van der Waals surface area contributed by atoms with Gasteiger partial charge in [-0.25, -0.2) is 0 Å². The Balaban J connectivity index is 2.50. The summed E-state index contributed by atoms with van der Waals surface area (Å²) in [6, 6.07) is 2.30. The predicted molar refractivity (Wildman–Crippen MR) is 71.5 cm³/mol. The third kappa shape index (κ3) is 3.33. The number of nitrogens with zero attached hydrogens (tertiary/aromatic N) is 1. The molecule has 94 valence electrons. The standard InChI is InChI=1S/C11H10BrF3IN/c1-10(12,16)9-5-7(11(13,14)15)4-8(17-9)6-2-3-6/h4-6H,2-3H2,1H3. The van der Waals surface area contributed by atoms with Crippen LogP contribution < -0.4 is 0 Å². The summed E-state index contributed by atoms with van der Waals surface area (Å²) in [7, 11) is 0. The molecule has 0 N–H and O–H groups in total. The van der Waals surface area contributed by atoms with E-state index in [0.717, 1.165) is 18.9 Å². The maximum atomic E-state index is 12.8. The zero-order valence-corrected chi connectivity index (χ0v) is 12.7. The Bertz CT molecular complexity index is 403. The van der Waals surface area contributed by atoms with E-state index in [4.69, 9.17) is 0 Å². The minimum absolute atomic E-state index is 0.210. The number of rotatable bonds is 2. The van der Waals surface area contributed by atoms with Crippen molar-refractivity contribution in [1.29, 1.82) is 0 Å². The van der Waals surface area contributed by atoms with Crippen molar-refractivity contribution in [3.05, 3.63) is 29.1 Å². The van der Waals surface area contributed by atoms with Gasteiger partial charge in [0.1, 0.15) is 2.33 Å². The first-order valence-electron chi connectivity index (χ1n) is 5.15. The molecule has 1 saturated carbocycles. The van der Waals surface area contributed by atoms with Crippen LogP contribution in [-0.2, 0) is 8.51 Å². The molecule has 0 radical (unpaired) electrons. The van der Waals surface area contributed by atoms with E-state index in [0.29, 0.717) is 11.4 Å². The largest absolute Gasteiger partial charge is 0.416 e. The second-order valence-electron chi connectivity index (χ2n) is 4.33. The van der Waals surface area contributed by atoms with E-state index >= 15 is 0 Å². The average Bonchev–Trinajstić information content (AvgIpc) is 2.97. The molecule has 0 saturated heterocycles. The normalized spacial score (nSPS) is 20.1. The fourth-order valence-corrected chi connectivity index (χ4v) is 2.01. The van der Waals surface area contributed by atoms with E-state index in [-0.39, 0.29) is 5.92 Å². The van der Waals surface area contributed by atoms with Crippen LogP contribution in [0.4, 0.5) is 13.2 Å². The summed E-state index contributed by atoms with van der Waals surface area (Å²) in [6.45, 7) is 1.78. The fraction of sp³-hybridized carbons (Fsp3) is 0.545. The lowest BCUT2D eigenvalue weighted by atomic mass is 10.1. The number of aromatic nitrogens is 1. The maximum Gasteiger partial charge on any atom is 0.416 e. The van der Waals surface area contributed by atoms with Crippen LogP contribution in [0.5, 0.6) is 0 Å². The van der Waals surface area contributed by atoms with Crippen LogP contribution in [0.3, 0.4) is 0 Å². The molecule has 1 nitrogen and oxygen atoms in total. The Morgan fingerprint density at radius 2 is 1.94 bits per heavy atom. The molecule has 6 heteroatoms. The summed E-state index contributed by atoms with van der Waals surface area (Å²) in [5.74, 6) is 0.210. The first-order chi connectivity index (χ1) is 7.68. The Labute approximate surface area is 119 Å². The molecule has 1 atom stereocenters. The summed E-state index contributed by atoms with van der Waals surface area (Å²) < 4.78 is 37.7. The van der Waals surface area contributed by atoms with Crippen LogP contribution in [-0.4, -0.2) is 4.98 Å². The number of halogens is 5. The summed E-state index contributed by atoms with van der Waals surface area (Å²) in [5, 5.41) is 0. The molecule has 2 rings (SSSR count). The number of alkyl halides is 5. The van der Waals surface area contributed by atoms with Crippen molar-refractivity contribution in [2.45, 2.75) is 34.2 Å². The molecule has 1 heterocycles. The molecule has 1 unspecified atom stereocenters. The summed E-state index contributed by atoms with van der Waals surface area (Å²) in [5.41, 5.74) is 0.388. The lowest BCUT2D eigenvalue weighted by Gasteiger charge is -2.17. The minimum Gasteiger partial charge on any atom is -0.255 e. The van der Waals surface area contributed by atoms with Crippen molar-refractivity contribution in [2.75, 3.05) is 0 Å². The second kappa shape index (κ2) is 4.36. The zero-order valence-electron chi connectivity index (χ0n) is 8.98. The average molecular weight is 420 g/mol. The highest BCUT2D eigenvalue weighted by Crippen LogP contribution is 2.44. The van der Waals surface area contributed by atoms with Gasteiger partial charge < -0.3 is 0 Å². The molecule has 1 aliphatic rings. The van der Waals surface area contributed by atoms with Gasteiger partial charge in [-0.05, 0) is 31.9 Å². The quantitative estimate of drug-likeness (QED) is 0.486. The van der Waals surface area contributed by atoms with Crippen molar-refractivity contribution in [3.8, 4) is 0 Å². The summed E-state index contributed by atoms with van der Waals surface area (Å²) in [6.07, 6.45) is -2.43. The topological polar surface area (TPSA) is 12.9 Å². The second-order valence-corrected chi connectivity index (χ2v) is 9.55. The van der Waals surface area contributed by atoms with Gasteiger partial charge in [-0.3, -0.25) is 4.98 Å². The van der Waals surface area contributed by atoms with Crippen LogP contribution >= 0.6 is 38.5 Å². The molecule has 0 aliphatic heterocycles. The van der Waals surface area contributed by atoms with Gasteiger partial charge in [-0.15, -0.1) is 0 Å². The van der Waals surface area contributed by atoms with E-state index in [1.807, 2.05) is 22.6 Å². The molecule has 17 heavy (non-hydrogen) atoms. The molecule has 0 spiro atoms. The zero-order chi connectivity index (χ0) is 12.8. The van der Waals surface area contributed by atoms with Crippen LogP contribution in [0.25, 0.3) is 0 Å². The van der Waals surface area contributed by atoms with E-state index < -0.39 is 14.1 Å². The predicted octanol–water partition coefficient (Wildman–Crippen LogP) is 4.98. The minimum atomic E-state index is -4.31. The van der Waals surface area contributed by atoms with Crippen LogP contribution in [0.2, 0.25) is 0 Å². The third-order valence-electron chi connectivity index (χ3n) is 2.62. The molecule has 0 amide bonds. The Morgan fingerprint density at radius 1 is 1.35 bits per heavy atom. The first kappa shape index (κ1) is 13.6. The van der Waals surface area contributed by atoms with Gasteiger partial charge in [0.05, 0.1) is 11.3 Å². The maximum absolute atomic E-state index is 12.8. The highest BCUT2D eigenvalue weighted by Gasteiger charge is 2.36. The van der Waals surface area contributed by atoms with Gasteiger partial charge in [-0.1, -0.05) is 38.5 Å². The SMILES string of the molecule is CC(Br)(I)c1cc(C(F)(F)F)cc(C2CC2)n1. The molecular formula is C11H10BrF3IN. The smallest absolute Gasteiger partial charge is 0.255 e. The molecule has 1 fully saturated rings. The van der Waals surface area contributed by atoms with Crippen LogP contribution in [0.15, 0.2) is 12.1 Å². The molecule has 0 aromatic carbocycles. The van der Waals surface area contributed by atoms with Crippen molar-refractivity contribution in [3.63, 3.8) is 0 Å². The first-order valence-corrected chi connectivity index (χ1v) is 7.02. The van der Waals surface area contributed by atoms with Gasteiger partial charge >= 0.3 is 6.18 Å². The fourth-order valence-electron chi connectivity index (χ4n) is 1.53.